The van der Waals surface area contributed by atoms with Gasteiger partial charge in [-0.15, -0.1) is 0 Å². The summed E-state index contributed by atoms with van der Waals surface area (Å²) >= 11 is 3.52. The van der Waals surface area contributed by atoms with Crippen molar-refractivity contribution in [1.29, 1.82) is 0 Å². The summed E-state index contributed by atoms with van der Waals surface area (Å²) in [5.41, 5.74) is 0. The Bertz CT molecular complexity index is 251. The second-order valence-corrected chi connectivity index (χ2v) is 6.34. The van der Waals surface area contributed by atoms with Gasteiger partial charge in [-0.1, -0.05) is 48.0 Å². The number of carbonyl (C=O) groups is 1. The monoisotopic (exact) mass is 301 g/mol. The number of carbonyl (C=O) groups excluding carboxylic acids is 1. The minimum atomic E-state index is 0.402. The fourth-order valence-corrected chi connectivity index (χ4v) is 3.68. The third-order valence-corrected chi connectivity index (χ3v) is 5.26. The first-order valence-corrected chi connectivity index (χ1v) is 8.25. The number of hydrogen-bond acceptors (Lipinski definition) is 1. The highest BCUT2D eigenvalue weighted by atomic mass is 79.9. The zero-order valence-corrected chi connectivity index (χ0v) is 12.3. The predicted octanol–water partition coefficient (Wildman–Crippen LogP) is 3.59. The van der Waals surface area contributed by atoms with Crippen molar-refractivity contribution in [3.05, 3.63) is 0 Å². The Kier molecular flexibility index (Phi) is 5.33. The van der Waals surface area contributed by atoms with Crippen LogP contribution in [0.2, 0.25) is 0 Å². The third kappa shape index (κ3) is 3.97. The first kappa shape index (κ1) is 13.4. The second-order valence-electron chi connectivity index (χ2n) is 5.69. The summed E-state index contributed by atoms with van der Waals surface area (Å²) < 4.78 is 0. The van der Waals surface area contributed by atoms with Gasteiger partial charge in [0.25, 0.3) is 0 Å². The van der Waals surface area contributed by atoms with Crippen LogP contribution >= 0.6 is 15.9 Å². The van der Waals surface area contributed by atoms with Crippen molar-refractivity contribution in [2.45, 2.75) is 51.4 Å². The van der Waals surface area contributed by atoms with Crippen LogP contribution in [0.3, 0.4) is 0 Å². The van der Waals surface area contributed by atoms with Gasteiger partial charge in [0.15, 0.2) is 0 Å². The molecule has 0 bridgehead atoms. The molecule has 0 N–H and O–H groups in total. The molecule has 2 fully saturated rings. The van der Waals surface area contributed by atoms with Gasteiger partial charge in [0.2, 0.25) is 5.91 Å². The molecule has 2 nitrogen and oxygen atoms in total. The molecule has 17 heavy (non-hydrogen) atoms. The molecular weight excluding hydrogens is 278 g/mol. The Morgan fingerprint density at radius 1 is 1.12 bits per heavy atom. The van der Waals surface area contributed by atoms with Crippen molar-refractivity contribution in [3.63, 3.8) is 0 Å². The Morgan fingerprint density at radius 3 is 2.53 bits per heavy atom. The van der Waals surface area contributed by atoms with Gasteiger partial charge in [0.05, 0.1) is 0 Å². The fraction of sp³-hybridized carbons (Fsp3) is 0.929. The van der Waals surface area contributed by atoms with E-state index in [1.165, 1.54) is 38.5 Å². The van der Waals surface area contributed by atoms with E-state index in [1.807, 2.05) is 0 Å². The Labute approximate surface area is 113 Å². The van der Waals surface area contributed by atoms with Gasteiger partial charge in [0.1, 0.15) is 0 Å². The normalized spacial score (nSPS) is 26.4. The van der Waals surface area contributed by atoms with Gasteiger partial charge in [0, 0.05) is 24.8 Å². The molecule has 1 unspecified atom stereocenters. The summed E-state index contributed by atoms with van der Waals surface area (Å²) in [5, 5.41) is 1.04. The maximum Gasteiger partial charge on any atom is 0.222 e. The van der Waals surface area contributed by atoms with E-state index in [0.717, 1.165) is 37.2 Å². The standard InChI is InChI=1S/C14H24BrNO/c15-10-13-8-9-16(11-13)14(17)7-6-12-4-2-1-3-5-12/h12-13H,1-11H2. The van der Waals surface area contributed by atoms with Crippen molar-refractivity contribution in [2.75, 3.05) is 18.4 Å². The average molecular weight is 302 g/mol. The fourth-order valence-electron chi connectivity index (χ4n) is 3.15. The highest BCUT2D eigenvalue weighted by molar-refractivity contribution is 9.09. The molecule has 1 aliphatic carbocycles. The highest BCUT2D eigenvalue weighted by Gasteiger charge is 2.25. The molecule has 0 aromatic carbocycles. The first-order chi connectivity index (χ1) is 8.29. The van der Waals surface area contributed by atoms with E-state index in [0.29, 0.717) is 11.8 Å². The molecule has 1 heterocycles. The molecule has 0 spiro atoms. The number of alkyl halides is 1. The maximum absolute atomic E-state index is 12.1. The molecule has 0 aromatic rings. The lowest BCUT2D eigenvalue weighted by Crippen LogP contribution is -2.29. The smallest absolute Gasteiger partial charge is 0.222 e. The summed E-state index contributed by atoms with van der Waals surface area (Å²) in [4.78, 5) is 14.1. The van der Waals surface area contributed by atoms with Crippen molar-refractivity contribution < 1.29 is 4.79 Å². The van der Waals surface area contributed by atoms with Crippen molar-refractivity contribution in [2.24, 2.45) is 11.8 Å². The van der Waals surface area contributed by atoms with E-state index < -0.39 is 0 Å². The number of hydrogen-bond donors (Lipinski definition) is 0. The Morgan fingerprint density at radius 2 is 1.88 bits per heavy atom. The van der Waals surface area contributed by atoms with E-state index in [-0.39, 0.29) is 0 Å². The Hall–Kier alpha value is -0.0500. The molecule has 1 aliphatic heterocycles. The van der Waals surface area contributed by atoms with E-state index in [9.17, 15) is 4.79 Å². The van der Waals surface area contributed by atoms with E-state index in [2.05, 4.69) is 20.8 Å². The van der Waals surface area contributed by atoms with Crippen LogP contribution in [0, 0.1) is 11.8 Å². The summed E-state index contributed by atoms with van der Waals surface area (Å²) in [6, 6.07) is 0. The third-order valence-electron chi connectivity index (χ3n) is 4.35. The van der Waals surface area contributed by atoms with Gasteiger partial charge >= 0.3 is 0 Å². The average Bonchev–Trinajstić information content (AvgIpc) is 2.86. The first-order valence-electron chi connectivity index (χ1n) is 7.13. The maximum atomic E-state index is 12.1. The van der Waals surface area contributed by atoms with E-state index in [1.54, 1.807) is 0 Å². The number of likely N-dealkylation sites (tertiary alicyclic amines) is 1. The van der Waals surface area contributed by atoms with Crippen molar-refractivity contribution in [3.8, 4) is 0 Å². The molecule has 3 heteroatoms. The largest absolute Gasteiger partial charge is 0.342 e. The quantitative estimate of drug-likeness (QED) is 0.727. The summed E-state index contributed by atoms with van der Waals surface area (Å²) in [5.74, 6) is 1.93. The van der Waals surface area contributed by atoms with Gasteiger partial charge in [-0.2, -0.15) is 0 Å². The van der Waals surface area contributed by atoms with Crippen LogP contribution in [0.25, 0.3) is 0 Å². The van der Waals surface area contributed by atoms with Crippen LogP contribution in [0.15, 0.2) is 0 Å². The van der Waals surface area contributed by atoms with E-state index in [4.69, 9.17) is 0 Å². The zero-order chi connectivity index (χ0) is 12.1. The lowest BCUT2D eigenvalue weighted by Gasteiger charge is -2.22. The number of amides is 1. The molecule has 1 amide bonds. The SMILES string of the molecule is O=C(CCC1CCCCC1)N1CCC(CBr)C1. The van der Waals surface area contributed by atoms with Gasteiger partial charge in [-0.05, 0) is 24.7 Å². The lowest BCUT2D eigenvalue weighted by molar-refractivity contribution is -0.130. The van der Waals surface area contributed by atoms with Crippen LogP contribution in [-0.4, -0.2) is 29.2 Å². The highest BCUT2D eigenvalue weighted by Crippen LogP contribution is 2.28. The second kappa shape index (κ2) is 6.77. The molecule has 2 aliphatic rings. The minimum Gasteiger partial charge on any atom is -0.342 e. The van der Waals surface area contributed by atoms with E-state index >= 15 is 0 Å². The topological polar surface area (TPSA) is 20.3 Å². The lowest BCUT2D eigenvalue weighted by atomic mass is 9.86. The van der Waals surface area contributed by atoms with Crippen LogP contribution in [0.1, 0.15) is 51.4 Å². The molecule has 0 radical (unpaired) electrons. The number of nitrogens with zero attached hydrogens (tertiary/aromatic N) is 1. The summed E-state index contributed by atoms with van der Waals surface area (Å²) in [7, 11) is 0. The molecule has 2 rings (SSSR count). The molecule has 1 atom stereocenters. The number of rotatable bonds is 4. The minimum absolute atomic E-state index is 0.402. The Balaban J connectivity index is 1.66. The zero-order valence-electron chi connectivity index (χ0n) is 10.7. The van der Waals surface area contributed by atoms with Crippen LogP contribution in [0.5, 0.6) is 0 Å². The van der Waals surface area contributed by atoms with Crippen molar-refractivity contribution >= 4 is 21.8 Å². The molecule has 0 aromatic heterocycles. The molecule has 1 saturated carbocycles. The van der Waals surface area contributed by atoms with Gasteiger partial charge in [-0.25, -0.2) is 0 Å². The van der Waals surface area contributed by atoms with Crippen LogP contribution < -0.4 is 0 Å². The van der Waals surface area contributed by atoms with Crippen LogP contribution in [-0.2, 0) is 4.79 Å². The van der Waals surface area contributed by atoms with Gasteiger partial charge < -0.3 is 4.90 Å². The summed E-state index contributed by atoms with van der Waals surface area (Å²) in [6.45, 7) is 1.97. The summed E-state index contributed by atoms with van der Waals surface area (Å²) in [6.07, 6.45) is 10.00. The van der Waals surface area contributed by atoms with Crippen molar-refractivity contribution in [1.82, 2.24) is 4.90 Å². The predicted molar refractivity (Wildman–Crippen MR) is 74.3 cm³/mol. The molecule has 98 valence electrons. The number of halogens is 1. The molecular formula is C14H24BrNO. The molecule has 1 saturated heterocycles. The van der Waals surface area contributed by atoms with Crippen LogP contribution in [0.4, 0.5) is 0 Å². The van der Waals surface area contributed by atoms with Gasteiger partial charge in [-0.3, -0.25) is 4.79 Å².